The first-order valence-corrected chi connectivity index (χ1v) is 8.87. The molecule has 0 saturated heterocycles. The van der Waals surface area contributed by atoms with E-state index in [2.05, 4.69) is 21.8 Å². The lowest BCUT2D eigenvalue weighted by Gasteiger charge is -2.10. The zero-order valence-electron chi connectivity index (χ0n) is 14.2. The Bertz CT molecular complexity index is 923. The Kier molecular flexibility index (Phi) is 5.43. The average Bonchev–Trinajstić information content (AvgIpc) is 3.03. The van der Waals surface area contributed by atoms with Crippen LogP contribution in [0.1, 0.15) is 12.5 Å². The van der Waals surface area contributed by atoms with Crippen LogP contribution >= 0.6 is 11.8 Å². The summed E-state index contributed by atoms with van der Waals surface area (Å²) in [6.07, 6.45) is 3.44. The van der Waals surface area contributed by atoms with Crippen molar-refractivity contribution in [3.05, 3.63) is 76.6 Å². The predicted octanol–water partition coefficient (Wildman–Crippen LogP) is 4.12. The number of aromatic nitrogens is 4. The van der Waals surface area contributed by atoms with E-state index in [4.69, 9.17) is 0 Å². The second-order valence-corrected chi connectivity index (χ2v) is 6.74. The maximum absolute atomic E-state index is 10.7. The molecule has 0 aliphatic rings. The van der Waals surface area contributed by atoms with E-state index in [1.807, 2.05) is 23.6 Å². The lowest BCUT2D eigenvalue weighted by atomic mass is 10.2. The SMILES string of the molecule is C=C(C)Cn1c(SCc2ccc([N+](=O)[O-])cc2)nnc1-c1ccncc1. The Labute approximate surface area is 155 Å². The van der Waals surface area contributed by atoms with Gasteiger partial charge >= 0.3 is 0 Å². The van der Waals surface area contributed by atoms with Crippen molar-refractivity contribution in [1.82, 2.24) is 19.7 Å². The van der Waals surface area contributed by atoms with Gasteiger partial charge in [-0.1, -0.05) is 36.0 Å². The molecular formula is C18H17N5O2S. The first-order chi connectivity index (χ1) is 12.5. The van der Waals surface area contributed by atoms with Crippen LogP contribution in [0.25, 0.3) is 11.4 Å². The lowest BCUT2D eigenvalue weighted by molar-refractivity contribution is -0.384. The standard InChI is InChI=1S/C18H17N5O2S/c1-13(2)11-22-17(15-7-9-19-10-8-15)20-21-18(22)26-12-14-3-5-16(6-4-14)23(24)25/h3-10H,1,11-12H2,2H3. The van der Waals surface area contributed by atoms with Gasteiger partial charge in [0.1, 0.15) is 0 Å². The van der Waals surface area contributed by atoms with Crippen molar-refractivity contribution in [2.75, 3.05) is 0 Å². The number of non-ortho nitro benzene ring substituents is 1. The van der Waals surface area contributed by atoms with Gasteiger partial charge in [-0.3, -0.25) is 19.7 Å². The third-order valence-electron chi connectivity index (χ3n) is 3.60. The quantitative estimate of drug-likeness (QED) is 0.270. The van der Waals surface area contributed by atoms with Gasteiger partial charge < -0.3 is 0 Å². The van der Waals surface area contributed by atoms with Gasteiger partial charge in [0.15, 0.2) is 11.0 Å². The summed E-state index contributed by atoms with van der Waals surface area (Å²) in [7, 11) is 0. The van der Waals surface area contributed by atoms with Gasteiger partial charge in [0.2, 0.25) is 0 Å². The van der Waals surface area contributed by atoms with Crippen LogP contribution in [0, 0.1) is 10.1 Å². The highest BCUT2D eigenvalue weighted by Crippen LogP contribution is 2.27. The topological polar surface area (TPSA) is 86.7 Å². The molecule has 2 aromatic heterocycles. The highest BCUT2D eigenvalue weighted by Gasteiger charge is 2.15. The highest BCUT2D eigenvalue weighted by atomic mass is 32.2. The van der Waals surface area contributed by atoms with Crippen molar-refractivity contribution < 1.29 is 4.92 Å². The van der Waals surface area contributed by atoms with Crippen molar-refractivity contribution in [3.63, 3.8) is 0 Å². The zero-order valence-corrected chi connectivity index (χ0v) is 15.0. The van der Waals surface area contributed by atoms with Crippen LogP contribution in [0.2, 0.25) is 0 Å². The molecule has 0 aliphatic heterocycles. The summed E-state index contributed by atoms with van der Waals surface area (Å²) in [5, 5.41) is 20.2. The van der Waals surface area contributed by atoms with Gasteiger partial charge in [-0.2, -0.15) is 0 Å². The summed E-state index contributed by atoms with van der Waals surface area (Å²) in [6, 6.07) is 10.3. The summed E-state index contributed by atoms with van der Waals surface area (Å²) in [5.74, 6) is 1.41. The number of allylic oxidation sites excluding steroid dienone is 1. The Morgan fingerprint density at radius 1 is 1.19 bits per heavy atom. The third kappa shape index (κ3) is 4.15. The van der Waals surface area contributed by atoms with Crippen LogP contribution in [-0.2, 0) is 12.3 Å². The molecule has 26 heavy (non-hydrogen) atoms. The molecule has 0 fully saturated rings. The van der Waals surface area contributed by atoms with Gasteiger partial charge in [0.05, 0.1) is 4.92 Å². The molecule has 0 atom stereocenters. The molecule has 0 aliphatic carbocycles. The number of hydrogen-bond acceptors (Lipinski definition) is 6. The number of nitro benzene ring substituents is 1. The Hall–Kier alpha value is -3.00. The van der Waals surface area contributed by atoms with Crippen molar-refractivity contribution in [2.45, 2.75) is 24.4 Å². The summed E-state index contributed by atoms with van der Waals surface area (Å²) in [6.45, 7) is 6.57. The molecule has 0 saturated carbocycles. The molecule has 7 nitrogen and oxygen atoms in total. The number of benzene rings is 1. The molecular weight excluding hydrogens is 350 g/mol. The summed E-state index contributed by atoms with van der Waals surface area (Å²) >= 11 is 1.53. The summed E-state index contributed by atoms with van der Waals surface area (Å²) < 4.78 is 2.02. The molecule has 0 N–H and O–H groups in total. The smallest absolute Gasteiger partial charge is 0.269 e. The molecule has 8 heteroatoms. The second-order valence-electron chi connectivity index (χ2n) is 5.80. The minimum Gasteiger partial charge on any atom is -0.298 e. The Morgan fingerprint density at radius 2 is 1.88 bits per heavy atom. The summed E-state index contributed by atoms with van der Waals surface area (Å²) in [5.41, 5.74) is 3.01. The molecule has 0 radical (unpaired) electrons. The average molecular weight is 367 g/mol. The monoisotopic (exact) mass is 367 g/mol. The van der Waals surface area contributed by atoms with E-state index in [9.17, 15) is 10.1 Å². The van der Waals surface area contributed by atoms with E-state index in [1.54, 1.807) is 24.5 Å². The fourth-order valence-electron chi connectivity index (χ4n) is 2.38. The van der Waals surface area contributed by atoms with Crippen molar-refractivity contribution in [1.29, 1.82) is 0 Å². The largest absolute Gasteiger partial charge is 0.298 e. The fraction of sp³-hybridized carbons (Fsp3) is 0.167. The molecule has 3 aromatic rings. The van der Waals surface area contributed by atoms with E-state index in [0.29, 0.717) is 12.3 Å². The van der Waals surface area contributed by atoms with Crippen LogP contribution in [0.15, 0.2) is 66.1 Å². The highest BCUT2D eigenvalue weighted by molar-refractivity contribution is 7.98. The molecule has 0 bridgehead atoms. The van der Waals surface area contributed by atoms with E-state index in [-0.39, 0.29) is 5.69 Å². The van der Waals surface area contributed by atoms with Crippen LogP contribution in [0.4, 0.5) is 5.69 Å². The van der Waals surface area contributed by atoms with Crippen LogP contribution < -0.4 is 0 Å². The second kappa shape index (κ2) is 7.92. The van der Waals surface area contributed by atoms with Gasteiger partial charge in [0, 0.05) is 42.4 Å². The minimum atomic E-state index is -0.401. The normalized spacial score (nSPS) is 10.7. The first-order valence-electron chi connectivity index (χ1n) is 7.88. The van der Waals surface area contributed by atoms with E-state index >= 15 is 0 Å². The van der Waals surface area contributed by atoms with Crippen LogP contribution in [0.5, 0.6) is 0 Å². The van der Waals surface area contributed by atoms with Gasteiger partial charge in [-0.15, -0.1) is 10.2 Å². The molecule has 1 aromatic carbocycles. The maximum atomic E-state index is 10.7. The maximum Gasteiger partial charge on any atom is 0.269 e. The van der Waals surface area contributed by atoms with Crippen LogP contribution in [0.3, 0.4) is 0 Å². The molecule has 0 unspecified atom stereocenters. The minimum absolute atomic E-state index is 0.0872. The lowest BCUT2D eigenvalue weighted by Crippen LogP contribution is -2.03. The fourth-order valence-corrected chi connectivity index (χ4v) is 3.28. The van der Waals surface area contributed by atoms with E-state index in [0.717, 1.165) is 27.7 Å². The van der Waals surface area contributed by atoms with Crippen molar-refractivity contribution in [2.24, 2.45) is 0 Å². The molecule has 3 rings (SSSR count). The number of thioether (sulfide) groups is 1. The van der Waals surface area contributed by atoms with Gasteiger partial charge in [-0.05, 0) is 24.6 Å². The molecule has 2 heterocycles. The van der Waals surface area contributed by atoms with E-state index in [1.165, 1.54) is 23.9 Å². The number of hydrogen-bond donors (Lipinski definition) is 0. The third-order valence-corrected chi connectivity index (χ3v) is 4.64. The summed E-state index contributed by atoms with van der Waals surface area (Å²) in [4.78, 5) is 14.4. The molecule has 0 spiro atoms. The number of pyridine rings is 1. The Balaban J connectivity index is 1.82. The molecule has 0 amide bonds. The Morgan fingerprint density at radius 3 is 2.50 bits per heavy atom. The predicted molar refractivity (Wildman–Crippen MR) is 101 cm³/mol. The van der Waals surface area contributed by atoms with Crippen molar-refractivity contribution in [3.8, 4) is 11.4 Å². The van der Waals surface area contributed by atoms with E-state index < -0.39 is 4.92 Å². The number of nitro groups is 1. The molecule has 132 valence electrons. The van der Waals surface area contributed by atoms with Gasteiger partial charge in [0.25, 0.3) is 5.69 Å². The van der Waals surface area contributed by atoms with Crippen LogP contribution in [-0.4, -0.2) is 24.7 Å². The first kappa shape index (κ1) is 17.8. The zero-order chi connectivity index (χ0) is 18.5. The van der Waals surface area contributed by atoms with Crippen molar-refractivity contribution >= 4 is 17.4 Å². The van der Waals surface area contributed by atoms with Gasteiger partial charge in [-0.25, -0.2) is 0 Å². The number of nitrogens with zero attached hydrogens (tertiary/aromatic N) is 5. The number of rotatable bonds is 7.